The molecule has 0 amide bonds. The first-order chi connectivity index (χ1) is 10.1. The van der Waals surface area contributed by atoms with Gasteiger partial charge in [-0.1, -0.05) is 25.1 Å². The van der Waals surface area contributed by atoms with Crippen molar-refractivity contribution in [2.45, 2.75) is 39.7 Å². The fourth-order valence-electron chi connectivity index (χ4n) is 3.55. The summed E-state index contributed by atoms with van der Waals surface area (Å²) in [6.45, 7) is 8.41. The first-order valence-corrected chi connectivity index (χ1v) is 7.93. The Morgan fingerprint density at radius 2 is 2.14 bits per heavy atom. The molecular weight excluding hydrogens is 260 g/mol. The van der Waals surface area contributed by atoms with Crippen molar-refractivity contribution in [2.75, 3.05) is 13.1 Å². The number of aromatic nitrogens is 1. The third kappa shape index (κ3) is 2.62. The highest BCUT2D eigenvalue weighted by molar-refractivity contribution is 6.11. The third-order valence-corrected chi connectivity index (χ3v) is 4.76. The van der Waals surface area contributed by atoms with Gasteiger partial charge in [-0.15, -0.1) is 0 Å². The van der Waals surface area contributed by atoms with Crippen molar-refractivity contribution in [1.29, 1.82) is 0 Å². The molecule has 0 spiro atoms. The number of aryl methyl sites for hydroxylation is 1. The summed E-state index contributed by atoms with van der Waals surface area (Å²) in [5, 5.41) is 1.05. The number of aromatic amines is 1. The smallest absolute Gasteiger partial charge is 0.182 e. The maximum Gasteiger partial charge on any atom is 0.182 e. The van der Waals surface area contributed by atoms with Gasteiger partial charge in [-0.2, -0.15) is 0 Å². The van der Waals surface area contributed by atoms with Gasteiger partial charge in [0.15, 0.2) is 5.78 Å². The number of hydrogen-bond acceptors (Lipinski definition) is 2. The van der Waals surface area contributed by atoms with Gasteiger partial charge in [-0.3, -0.25) is 9.69 Å². The standard InChI is InChI=1S/C18H24N2O/c1-12-7-6-10-20(11-12)14(3)18(21)17-13(2)19-16-9-5-4-8-15(16)17/h4-5,8-9,12,14,19H,6-7,10-11H2,1-3H3. The van der Waals surface area contributed by atoms with Gasteiger partial charge in [0.05, 0.1) is 6.04 Å². The maximum atomic E-state index is 13.0. The lowest BCUT2D eigenvalue weighted by atomic mass is 9.95. The molecule has 1 N–H and O–H groups in total. The molecule has 21 heavy (non-hydrogen) atoms. The third-order valence-electron chi connectivity index (χ3n) is 4.76. The van der Waals surface area contributed by atoms with Crippen LogP contribution in [0, 0.1) is 12.8 Å². The molecule has 0 bridgehead atoms. The summed E-state index contributed by atoms with van der Waals surface area (Å²) in [7, 11) is 0. The van der Waals surface area contributed by atoms with E-state index in [0.29, 0.717) is 5.92 Å². The second-order valence-corrected chi connectivity index (χ2v) is 6.45. The van der Waals surface area contributed by atoms with E-state index in [1.807, 2.05) is 31.2 Å². The van der Waals surface area contributed by atoms with Gasteiger partial charge in [0.1, 0.15) is 0 Å². The van der Waals surface area contributed by atoms with E-state index in [1.54, 1.807) is 0 Å². The minimum atomic E-state index is -0.0364. The number of hydrogen-bond donors (Lipinski definition) is 1. The highest BCUT2D eigenvalue weighted by Gasteiger charge is 2.28. The van der Waals surface area contributed by atoms with Crippen molar-refractivity contribution in [3.05, 3.63) is 35.5 Å². The minimum Gasteiger partial charge on any atom is -0.358 e. The number of benzene rings is 1. The summed E-state index contributed by atoms with van der Waals surface area (Å²) in [5.74, 6) is 0.942. The highest BCUT2D eigenvalue weighted by Crippen LogP contribution is 2.26. The summed E-state index contributed by atoms with van der Waals surface area (Å²) >= 11 is 0. The summed E-state index contributed by atoms with van der Waals surface area (Å²) in [6.07, 6.45) is 2.48. The van der Waals surface area contributed by atoms with E-state index in [2.05, 4.69) is 23.7 Å². The van der Waals surface area contributed by atoms with Crippen molar-refractivity contribution < 1.29 is 4.79 Å². The fourth-order valence-corrected chi connectivity index (χ4v) is 3.55. The predicted octanol–water partition coefficient (Wildman–Crippen LogP) is 3.78. The van der Waals surface area contributed by atoms with Gasteiger partial charge in [-0.05, 0) is 45.2 Å². The molecule has 1 fully saturated rings. The van der Waals surface area contributed by atoms with Gasteiger partial charge < -0.3 is 4.98 Å². The molecule has 2 unspecified atom stereocenters. The Labute approximate surface area is 126 Å². The molecule has 112 valence electrons. The van der Waals surface area contributed by atoms with Crippen LogP contribution in [0.3, 0.4) is 0 Å². The zero-order valence-corrected chi connectivity index (χ0v) is 13.1. The van der Waals surface area contributed by atoms with Crippen LogP contribution in [0.1, 0.15) is 42.7 Å². The number of carbonyl (C=O) groups is 1. The molecule has 2 heterocycles. The van der Waals surface area contributed by atoms with E-state index in [-0.39, 0.29) is 11.8 Å². The van der Waals surface area contributed by atoms with Crippen LogP contribution in [-0.2, 0) is 0 Å². The SMILES string of the molecule is Cc1[nH]c2ccccc2c1C(=O)C(C)N1CCCC(C)C1. The molecule has 3 nitrogen and oxygen atoms in total. The molecule has 1 aromatic heterocycles. The van der Waals surface area contributed by atoms with Crippen molar-refractivity contribution in [3.63, 3.8) is 0 Å². The summed E-state index contributed by atoms with van der Waals surface area (Å²) in [4.78, 5) is 18.7. The Bertz CT molecular complexity index is 658. The average Bonchev–Trinajstić information content (AvgIpc) is 2.81. The second kappa shape index (κ2) is 5.64. The summed E-state index contributed by atoms with van der Waals surface area (Å²) < 4.78 is 0. The van der Waals surface area contributed by atoms with Gasteiger partial charge >= 0.3 is 0 Å². The van der Waals surface area contributed by atoms with Gasteiger partial charge in [0, 0.05) is 28.7 Å². The topological polar surface area (TPSA) is 36.1 Å². The van der Waals surface area contributed by atoms with Gasteiger partial charge in [-0.25, -0.2) is 0 Å². The number of fused-ring (bicyclic) bond motifs is 1. The molecule has 1 aliphatic heterocycles. The zero-order chi connectivity index (χ0) is 15.0. The number of likely N-dealkylation sites (tertiary alicyclic amines) is 1. The summed E-state index contributed by atoms with van der Waals surface area (Å²) in [6, 6.07) is 8.04. The molecule has 1 aromatic carbocycles. The first kappa shape index (κ1) is 14.3. The Morgan fingerprint density at radius 1 is 1.38 bits per heavy atom. The van der Waals surface area contributed by atoms with Gasteiger partial charge in [0.25, 0.3) is 0 Å². The van der Waals surface area contributed by atoms with Crippen molar-refractivity contribution in [1.82, 2.24) is 9.88 Å². The van der Waals surface area contributed by atoms with E-state index < -0.39 is 0 Å². The van der Waals surface area contributed by atoms with Crippen LogP contribution in [0.15, 0.2) is 24.3 Å². The normalized spacial score (nSPS) is 21.6. The lowest BCUT2D eigenvalue weighted by Gasteiger charge is -2.34. The predicted molar refractivity (Wildman–Crippen MR) is 86.8 cm³/mol. The van der Waals surface area contributed by atoms with E-state index in [4.69, 9.17) is 0 Å². The quantitative estimate of drug-likeness (QED) is 0.871. The van der Waals surface area contributed by atoms with Crippen LogP contribution < -0.4 is 0 Å². The Hall–Kier alpha value is -1.61. The number of nitrogens with zero attached hydrogens (tertiary/aromatic N) is 1. The number of piperidine rings is 1. The van der Waals surface area contributed by atoms with Crippen LogP contribution in [0.2, 0.25) is 0 Å². The van der Waals surface area contributed by atoms with Crippen LogP contribution >= 0.6 is 0 Å². The van der Waals surface area contributed by atoms with E-state index in [1.165, 1.54) is 12.8 Å². The van der Waals surface area contributed by atoms with Crippen LogP contribution in [0.4, 0.5) is 0 Å². The number of nitrogens with one attached hydrogen (secondary N) is 1. The molecule has 1 saturated heterocycles. The monoisotopic (exact) mass is 284 g/mol. The lowest BCUT2D eigenvalue weighted by molar-refractivity contribution is 0.0766. The Kier molecular flexibility index (Phi) is 3.85. The Balaban J connectivity index is 1.91. The largest absolute Gasteiger partial charge is 0.358 e. The van der Waals surface area contributed by atoms with Crippen molar-refractivity contribution >= 4 is 16.7 Å². The van der Waals surface area contributed by atoms with E-state index >= 15 is 0 Å². The number of H-pyrrole nitrogens is 1. The fraction of sp³-hybridized carbons (Fsp3) is 0.500. The van der Waals surface area contributed by atoms with Crippen molar-refractivity contribution in [3.8, 4) is 0 Å². The minimum absolute atomic E-state index is 0.0364. The van der Waals surface area contributed by atoms with Crippen molar-refractivity contribution in [2.24, 2.45) is 5.92 Å². The van der Waals surface area contributed by atoms with Crippen LogP contribution in [0.25, 0.3) is 10.9 Å². The zero-order valence-electron chi connectivity index (χ0n) is 13.1. The highest BCUT2D eigenvalue weighted by atomic mass is 16.1. The molecule has 0 aliphatic carbocycles. The number of para-hydroxylation sites is 1. The molecule has 0 saturated carbocycles. The maximum absolute atomic E-state index is 13.0. The van der Waals surface area contributed by atoms with Crippen LogP contribution in [0.5, 0.6) is 0 Å². The first-order valence-electron chi connectivity index (χ1n) is 7.93. The number of Topliss-reactive ketones (excluding diaryl/α,β-unsaturated/α-hetero) is 1. The number of rotatable bonds is 3. The summed E-state index contributed by atoms with van der Waals surface area (Å²) in [5.41, 5.74) is 2.91. The molecule has 1 aliphatic rings. The van der Waals surface area contributed by atoms with E-state index in [0.717, 1.165) is 35.2 Å². The Morgan fingerprint density at radius 3 is 2.90 bits per heavy atom. The van der Waals surface area contributed by atoms with Crippen LogP contribution in [-0.4, -0.2) is 34.8 Å². The molecular formula is C18H24N2O. The number of carbonyl (C=O) groups excluding carboxylic acids is 1. The lowest BCUT2D eigenvalue weighted by Crippen LogP contribution is -2.44. The van der Waals surface area contributed by atoms with Gasteiger partial charge in [0.2, 0.25) is 0 Å². The second-order valence-electron chi connectivity index (χ2n) is 6.45. The molecule has 0 radical (unpaired) electrons. The average molecular weight is 284 g/mol. The molecule has 2 atom stereocenters. The van der Waals surface area contributed by atoms with E-state index in [9.17, 15) is 4.79 Å². The molecule has 3 rings (SSSR count). The number of ketones is 1. The molecule has 3 heteroatoms. The molecule has 2 aromatic rings.